The van der Waals surface area contributed by atoms with Gasteiger partial charge < -0.3 is 19.4 Å². The molecule has 0 unspecified atom stereocenters. The zero-order valence-electron chi connectivity index (χ0n) is 17.4. The molecule has 2 heterocycles. The highest BCUT2D eigenvalue weighted by molar-refractivity contribution is 7.99. The molecule has 1 aromatic carbocycles. The fourth-order valence-corrected chi connectivity index (χ4v) is 4.02. The molecule has 0 atom stereocenters. The lowest BCUT2D eigenvalue weighted by Crippen LogP contribution is -2.13. The number of anilines is 2. The number of benzene rings is 1. The van der Waals surface area contributed by atoms with Gasteiger partial charge in [-0.3, -0.25) is 4.79 Å². The van der Waals surface area contributed by atoms with Crippen LogP contribution in [0.5, 0.6) is 5.75 Å². The Morgan fingerprint density at radius 2 is 2.03 bits per heavy atom. The second kappa shape index (κ2) is 10.4. The number of nitrogens with zero attached hydrogens (tertiary/aromatic N) is 4. The first-order chi connectivity index (χ1) is 14.4. The van der Waals surface area contributed by atoms with Crippen LogP contribution in [0.2, 0.25) is 0 Å². The Hall–Kier alpha value is -2.59. The first kappa shape index (κ1) is 22.1. The van der Waals surface area contributed by atoms with Crippen LogP contribution in [0.15, 0.2) is 34.8 Å². The van der Waals surface area contributed by atoms with Crippen LogP contribution in [-0.4, -0.2) is 44.2 Å². The second-order valence-electron chi connectivity index (χ2n) is 6.69. The summed E-state index contributed by atoms with van der Waals surface area (Å²) in [5, 5.41) is 15.2. The van der Waals surface area contributed by atoms with Crippen molar-refractivity contribution in [1.82, 2.24) is 19.7 Å². The Balaban J connectivity index is 1.56. The van der Waals surface area contributed by atoms with Crippen molar-refractivity contribution >= 4 is 39.9 Å². The summed E-state index contributed by atoms with van der Waals surface area (Å²) >= 11 is 2.85. The number of ether oxygens (including phenoxy) is 2. The van der Waals surface area contributed by atoms with Crippen molar-refractivity contribution in [2.45, 2.75) is 38.5 Å². The summed E-state index contributed by atoms with van der Waals surface area (Å²) in [6.07, 6.45) is 0.435. The Kier molecular flexibility index (Phi) is 7.69. The van der Waals surface area contributed by atoms with Crippen LogP contribution in [0.3, 0.4) is 0 Å². The van der Waals surface area contributed by atoms with Crippen molar-refractivity contribution in [3.05, 3.63) is 41.2 Å². The number of carbonyl (C=O) groups excluding carboxylic acids is 1. The standard InChI is InChI=1S/C20H25N5O3S2/c1-5-27-16-8-6-14(7-9-16)21-19-22-15(11-29-19)10-17-23-24-20(25(17)4)30-12-18(26)28-13(2)3/h6-9,11,13H,5,10,12H2,1-4H3,(H,21,22). The second-order valence-corrected chi connectivity index (χ2v) is 8.49. The Morgan fingerprint density at radius 1 is 1.27 bits per heavy atom. The SMILES string of the molecule is CCOc1ccc(Nc2nc(Cc3nnc(SCC(=O)OC(C)C)n3C)cs2)cc1. The number of nitrogens with one attached hydrogen (secondary N) is 1. The van der Waals surface area contributed by atoms with Crippen LogP contribution in [-0.2, 0) is 23.0 Å². The van der Waals surface area contributed by atoms with Crippen molar-refractivity contribution in [2.24, 2.45) is 7.05 Å². The average Bonchev–Trinajstić information content (AvgIpc) is 3.28. The highest BCUT2D eigenvalue weighted by Gasteiger charge is 2.14. The van der Waals surface area contributed by atoms with Crippen LogP contribution >= 0.6 is 23.1 Å². The monoisotopic (exact) mass is 447 g/mol. The number of rotatable bonds is 10. The third-order valence-electron chi connectivity index (χ3n) is 3.92. The lowest BCUT2D eigenvalue weighted by molar-refractivity contribution is -0.144. The average molecular weight is 448 g/mol. The summed E-state index contributed by atoms with van der Waals surface area (Å²) in [6.45, 7) is 6.27. The molecule has 10 heteroatoms. The van der Waals surface area contributed by atoms with Crippen LogP contribution in [0, 0.1) is 0 Å². The van der Waals surface area contributed by atoms with Gasteiger partial charge in [-0.2, -0.15) is 0 Å². The fourth-order valence-electron chi connectivity index (χ4n) is 2.58. The Morgan fingerprint density at radius 3 is 2.73 bits per heavy atom. The van der Waals surface area contributed by atoms with Crippen molar-refractivity contribution in [3.63, 3.8) is 0 Å². The molecule has 3 rings (SSSR count). The van der Waals surface area contributed by atoms with E-state index in [0.717, 1.165) is 28.1 Å². The first-order valence-electron chi connectivity index (χ1n) is 9.59. The lowest BCUT2D eigenvalue weighted by Gasteiger charge is -2.07. The number of hydrogen-bond donors (Lipinski definition) is 1. The van der Waals surface area contributed by atoms with Crippen molar-refractivity contribution in [1.29, 1.82) is 0 Å². The molecule has 0 bridgehead atoms. The molecule has 0 saturated carbocycles. The quantitative estimate of drug-likeness (QED) is 0.368. The van der Waals surface area contributed by atoms with Gasteiger partial charge in [-0.25, -0.2) is 4.98 Å². The van der Waals surface area contributed by atoms with Crippen molar-refractivity contribution in [3.8, 4) is 5.75 Å². The maximum atomic E-state index is 11.7. The van der Waals surface area contributed by atoms with Gasteiger partial charge in [-0.1, -0.05) is 11.8 Å². The first-order valence-corrected chi connectivity index (χ1v) is 11.5. The number of thiazole rings is 1. The van der Waals surface area contributed by atoms with Gasteiger partial charge in [0.1, 0.15) is 11.6 Å². The molecule has 0 spiro atoms. The summed E-state index contributed by atoms with van der Waals surface area (Å²) in [4.78, 5) is 16.3. The largest absolute Gasteiger partial charge is 0.494 e. The minimum absolute atomic E-state index is 0.122. The molecule has 160 valence electrons. The van der Waals surface area contributed by atoms with Crippen LogP contribution < -0.4 is 10.1 Å². The zero-order valence-corrected chi connectivity index (χ0v) is 19.0. The summed E-state index contributed by atoms with van der Waals surface area (Å²) < 4.78 is 12.5. The van der Waals surface area contributed by atoms with Crippen molar-refractivity contribution < 1.29 is 14.3 Å². The minimum Gasteiger partial charge on any atom is -0.494 e. The van der Waals surface area contributed by atoms with Gasteiger partial charge in [0, 0.05) is 18.1 Å². The molecule has 0 fully saturated rings. The number of hydrogen-bond acceptors (Lipinski definition) is 9. The normalized spacial score (nSPS) is 11.0. The van der Waals surface area contributed by atoms with Gasteiger partial charge in [0.25, 0.3) is 0 Å². The van der Waals surface area contributed by atoms with E-state index in [-0.39, 0.29) is 17.8 Å². The van der Waals surface area contributed by atoms with Crippen LogP contribution in [0.1, 0.15) is 32.3 Å². The maximum Gasteiger partial charge on any atom is 0.316 e. The smallest absolute Gasteiger partial charge is 0.316 e. The van der Waals surface area contributed by atoms with Crippen molar-refractivity contribution in [2.75, 3.05) is 17.7 Å². The Bertz CT molecular complexity index is 969. The number of thioether (sulfide) groups is 1. The van der Waals surface area contributed by atoms with Gasteiger partial charge in [-0.15, -0.1) is 21.5 Å². The van der Waals surface area contributed by atoms with E-state index in [2.05, 4.69) is 20.5 Å². The van der Waals surface area contributed by atoms with E-state index in [4.69, 9.17) is 9.47 Å². The van der Waals surface area contributed by atoms with Crippen LogP contribution in [0.25, 0.3) is 0 Å². The highest BCUT2D eigenvalue weighted by Crippen LogP contribution is 2.24. The predicted molar refractivity (Wildman–Crippen MR) is 119 cm³/mol. The molecule has 0 aliphatic carbocycles. The number of carbonyl (C=O) groups is 1. The van der Waals surface area contributed by atoms with E-state index in [9.17, 15) is 4.79 Å². The zero-order chi connectivity index (χ0) is 21.5. The van der Waals surface area contributed by atoms with E-state index in [0.29, 0.717) is 18.2 Å². The van der Waals surface area contributed by atoms with Gasteiger partial charge in [-0.05, 0) is 45.0 Å². The Labute approximate surface area is 184 Å². The molecule has 0 aliphatic rings. The molecule has 30 heavy (non-hydrogen) atoms. The molecular formula is C20H25N5O3S2. The minimum atomic E-state index is -0.260. The number of esters is 1. The van der Waals surface area contributed by atoms with E-state index < -0.39 is 0 Å². The molecule has 0 saturated heterocycles. The lowest BCUT2D eigenvalue weighted by atomic mass is 10.3. The molecule has 1 N–H and O–H groups in total. The summed E-state index contributed by atoms with van der Waals surface area (Å²) in [7, 11) is 1.89. The van der Waals surface area contributed by atoms with Crippen LogP contribution in [0.4, 0.5) is 10.8 Å². The maximum absolute atomic E-state index is 11.7. The van der Waals surface area contributed by atoms with E-state index in [1.54, 1.807) is 0 Å². The molecule has 0 aliphatic heterocycles. The van der Waals surface area contributed by atoms with Gasteiger partial charge in [0.05, 0.1) is 30.6 Å². The van der Waals surface area contributed by atoms with Gasteiger partial charge >= 0.3 is 5.97 Å². The predicted octanol–water partition coefficient (Wildman–Crippen LogP) is 4.05. The fraction of sp³-hybridized carbons (Fsp3) is 0.400. The summed E-state index contributed by atoms with van der Waals surface area (Å²) in [5.41, 5.74) is 1.85. The summed E-state index contributed by atoms with van der Waals surface area (Å²) in [5.74, 6) is 1.57. The third-order valence-corrected chi connectivity index (χ3v) is 5.72. The van der Waals surface area contributed by atoms with E-state index >= 15 is 0 Å². The third kappa shape index (κ3) is 6.20. The molecular weight excluding hydrogens is 422 g/mol. The summed E-state index contributed by atoms with van der Waals surface area (Å²) in [6, 6.07) is 7.77. The van der Waals surface area contributed by atoms with E-state index in [1.165, 1.54) is 23.1 Å². The molecule has 8 nitrogen and oxygen atoms in total. The molecule has 3 aromatic rings. The molecule has 2 aromatic heterocycles. The van der Waals surface area contributed by atoms with Gasteiger partial charge in [0.15, 0.2) is 10.3 Å². The highest BCUT2D eigenvalue weighted by atomic mass is 32.2. The van der Waals surface area contributed by atoms with Gasteiger partial charge in [0.2, 0.25) is 0 Å². The molecule has 0 amide bonds. The topological polar surface area (TPSA) is 91.2 Å². The number of aromatic nitrogens is 4. The molecule has 0 radical (unpaired) electrons. The van der Waals surface area contributed by atoms with E-state index in [1.807, 2.05) is 62.0 Å².